The van der Waals surface area contributed by atoms with Crippen LogP contribution >= 0.6 is 0 Å². The molecule has 1 heterocycles. The van der Waals surface area contributed by atoms with Gasteiger partial charge in [0.2, 0.25) is 5.91 Å². The number of hydrogen-bond acceptors (Lipinski definition) is 3. The van der Waals surface area contributed by atoms with Gasteiger partial charge in [-0.1, -0.05) is 19.9 Å². The molecule has 2 unspecified atom stereocenters. The summed E-state index contributed by atoms with van der Waals surface area (Å²) < 4.78 is 0. The molecule has 0 saturated heterocycles. The van der Waals surface area contributed by atoms with E-state index in [1.165, 1.54) is 0 Å². The van der Waals surface area contributed by atoms with Gasteiger partial charge in [0.25, 0.3) is 0 Å². The molecule has 4 nitrogen and oxygen atoms in total. The normalized spacial score (nSPS) is 55.3. The molecule has 2 N–H and O–H groups in total. The van der Waals surface area contributed by atoms with Crippen LogP contribution in [0.25, 0.3) is 0 Å². The van der Waals surface area contributed by atoms with E-state index < -0.39 is 12.2 Å². The summed E-state index contributed by atoms with van der Waals surface area (Å²) in [6, 6.07) is 0.293. The third-order valence-corrected chi connectivity index (χ3v) is 8.10. The maximum atomic E-state index is 12.0. The smallest absolute Gasteiger partial charge is 0.246 e. The summed E-state index contributed by atoms with van der Waals surface area (Å²) in [6.07, 6.45) is 7.71. The van der Waals surface area contributed by atoms with Gasteiger partial charge in [0.15, 0.2) is 0 Å². The van der Waals surface area contributed by atoms with Crippen molar-refractivity contribution in [1.82, 2.24) is 4.90 Å². The molecule has 3 fully saturated rings. The first-order chi connectivity index (χ1) is 10.8. The van der Waals surface area contributed by atoms with Gasteiger partial charge in [0.1, 0.15) is 0 Å². The Morgan fingerprint density at radius 1 is 1.17 bits per heavy atom. The Bertz CT molecular complexity index is 561. The van der Waals surface area contributed by atoms with Crippen molar-refractivity contribution in [1.29, 1.82) is 0 Å². The standard InChI is InChI=1S/C19H29NO3/c1-18-9-7-16(22)20(3)15(18)5-4-11-12(18)6-8-19(2)13(11)10-14(21)17(19)23/h7,9,11-15,17,21,23H,4-6,8,10H2,1-3H3/t11?,12?,13-,14-,15+,17-,18+,19-/m0/s1. The van der Waals surface area contributed by atoms with Crippen molar-refractivity contribution in [2.45, 2.75) is 64.2 Å². The molecule has 0 aromatic heterocycles. The Kier molecular flexibility index (Phi) is 3.28. The van der Waals surface area contributed by atoms with Crippen LogP contribution in [-0.2, 0) is 4.79 Å². The lowest BCUT2D eigenvalue weighted by Gasteiger charge is -2.59. The van der Waals surface area contributed by atoms with Crippen LogP contribution in [0.3, 0.4) is 0 Å². The van der Waals surface area contributed by atoms with Crippen LogP contribution in [0.1, 0.15) is 46.0 Å². The minimum Gasteiger partial charge on any atom is -0.390 e. The Morgan fingerprint density at radius 3 is 2.65 bits per heavy atom. The quantitative estimate of drug-likeness (QED) is 0.717. The summed E-state index contributed by atoms with van der Waals surface area (Å²) >= 11 is 0. The lowest BCUT2D eigenvalue weighted by atomic mass is 9.48. The molecule has 0 radical (unpaired) electrons. The molecule has 1 aliphatic heterocycles. The Hall–Kier alpha value is -0.870. The number of aliphatic hydroxyl groups excluding tert-OH is 2. The van der Waals surface area contributed by atoms with Gasteiger partial charge in [-0.2, -0.15) is 0 Å². The molecular weight excluding hydrogens is 290 g/mol. The second kappa shape index (κ2) is 4.82. The first-order valence-electron chi connectivity index (χ1n) is 9.11. The average Bonchev–Trinajstić information content (AvgIpc) is 2.75. The molecule has 3 saturated carbocycles. The third-order valence-electron chi connectivity index (χ3n) is 8.10. The second-order valence-electron chi connectivity index (χ2n) is 8.91. The predicted molar refractivity (Wildman–Crippen MR) is 87.5 cm³/mol. The molecule has 0 bridgehead atoms. The number of likely N-dealkylation sites (N-methyl/N-ethyl adjacent to an activating group) is 1. The van der Waals surface area contributed by atoms with E-state index in [9.17, 15) is 15.0 Å². The molecule has 4 rings (SSSR count). The SMILES string of the molecule is CN1C(=O)C=C[C@]2(C)C3CC[C@@]4(C)[C@@H](C[C@H](O)[C@@H]4O)C3CC[C@@H]12. The van der Waals surface area contributed by atoms with Gasteiger partial charge in [-0.15, -0.1) is 0 Å². The van der Waals surface area contributed by atoms with Crippen LogP contribution in [0.15, 0.2) is 12.2 Å². The molecular formula is C19H29NO3. The largest absolute Gasteiger partial charge is 0.390 e. The van der Waals surface area contributed by atoms with Crippen molar-refractivity contribution < 1.29 is 15.0 Å². The van der Waals surface area contributed by atoms with Gasteiger partial charge in [0.05, 0.1) is 12.2 Å². The number of amides is 1. The molecule has 0 aromatic rings. The molecule has 0 aromatic carbocycles. The van der Waals surface area contributed by atoms with E-state index in [-0.39, 0.29) is 16.7 Å². The fraction of sp³-hybridized carbons (Fsp3) is 0.842. The predicted octanol–water partition coefficient (Wildman–Crippen LogP) is 1.96. The number of aliphatic hydroxyl groups is 2. The van der Waals surface area contributed by atoms with Crippen molar-refractivity contribution in [3.05, 3.63) is 12.2 Å². The first kappa shape index (κ1) is 15.6. The van der Waals surface area contributed by atoms with E-state index in [1.807, 2.05) is 11.9 Å². The summed E-state index contributed by atoms with van der Waals surface area (Å²) in [4.78, 5) is 14.0. The van der Waals surface area contributed by atoms with Gasteiger partial charge < -0.3 is 15.1 Å². The number of rotatable bonds is 0. The molecule has 3 aliphatic carbocycles. The minimum absolute atomic E-state index is 0.0331. The molecule has 4 heteroatoms. The number of hydrogen-bond donors (Lipinski definition) is 2. The van der Waals surface area contributed by atoms with Crippen LogP contribution in [0, 0.1) is 28.6 Å². The van der Waals surface area contributed by atoms with Crippen LogP contribution in [-0.4, -0.2) is 46.3 Å². The summed E-state index contributed by atoms with van der Waals surface area (Å²) in [6.45, 7) is 4.49. The molecule has 0 spiro atoms. The van der Waals surface area contributed by atoms with Crippen LogP contribution in [0.2, 0.25) is 0 Å². The van der Waals surface area contributed by atoms with E-state index in [0.29, 0.717) is 23.8 Å². The van der Waals surface area contributed by atoms with Crippen LogP contribution in [0.5, 0.6) is 0 Å². The highest BCUT2D eigenvalue weighted by molar-refractivity contribution is 5.89. The minimum atomic E-state index is -0.579. The topological polar surface area (TPSA) is 60.8 Å². The van der Waals surface area contributed by atoms with Gasteiger partial charge in [-0.05, 0) is 61.3 Å². The molecule has 4 aliphatic rings. The fourth-order valence-corrected chi connectivity index (χ4v) is 6.73. The van der Waals surface area contributed by atoms with Gasteiger partial charge in [-0.25, -0.2) is 0 Å². The zero-order chi connectivity index (χ0) is 16.6. The molecule has 128 valence electrons. The second-order valence-corrected chi connectivity index (χ2v) is 8.91. The average molecular weight is 319 g/mol. The van der Waals surface area contributed by atoms with Crippen molar-refractivity contribution in [2.24, 2.45) is 28.6 Å². The van der Waals surface area contributed by atoms with Crippen molar-refractivity contribution in [3.63, 3.8) is 0 Å². The highest BCUT2D eigenvalue weighted by Gasteiger charge is 2.62. The maximum absolute atomic E-state index is 12.0. The lowest BCUT2D eigenvalue weighted by Crippen LogP contribution is -2.59. The first-order valence-corrected chi connectivity index (χ1v) is 9.11. The Labute approximate surface area is 138 Å². The zero-order valence-electron chi connectivity index (χ0n) is 14.4. The number of fused-ring (bicyclic) bond motifs is 5. The Balaban J connectivity index is 1.70. The van der Waals surface area contributed by atoms with Crippen molar-refractivity contribution in [3.8, 4) is 0 Å². The van der Waals surface area contributed by atoms with E-state index in [4.69, 9.17) is 0 Å². The van der Waals surface area contributed by atoms with E-state index in [0.717, 1.165) is 32.1 Å². The van der Waals surface area contributed by atoms with Gasteiger partial charge in [-0.3, -0.25) is 4.79 Å². The third kappa shape index (κ3) is 1.88. The van der Waals surface area contributed by atoms with Crippen molar-refractivity contribution in [2.75, 3.05) is 7.05 Å². The highest BCUT2D eigenvalue weighted by atomic mass is 16.3. The van der Waals surface area contributed by atoms with Crippen LogP contribution in [0.4, 0.5) is 0 Å². The molecule has 8 atom stereocenters. The number of carbonyl (C=O) groups is 1. The van der Waals surface area contributed by atoms with E-state index >= 15 is 0 Å². The van der Waals surface area contributed by atoms with Crippen molar-refractivity contribution >= 4 is 5.91 Å². The Morgan fingerprint density at radius 2 is 1.91 bits per heavy atom. The van der Waals surface area contributed by atoms with Crippen LogP contribution < -0.4 is 0 Å². The summed E-state index contributed by atoms with van der Waals surface area (Å²) in [7, 11) is 1.94. The monoisotopic (exact) mass is 319 g/mol. The van der Waals surface area contributed by atoms with E-state index in [2.05, 4.69) is 19.9 Å². The van der Waals surface area contributed by atoms with E-state index in [1.54, 1.807) is 6.08 Å². The number of nitrogens with zero attached hydrogens (tertiary/aromatic N) is 1. The summed E-state index contributed by atoms with van der Waals surface area (Å²) in [5.74, 6) is 1.62. The van der Waals surface area contributed by atoms with Gasteiger partial charge in [0, 0.05) is 18.5 Å². The molecule has 23 heavy (non-hydrogen) atoms. The zero-order valence-corrected chi connectivity index (χ0v) is 14.4. The lowest BCUT2D eigenvalue weighted by molar-refractivity contribution is -0.140. The molecule has 1 amide bonds. The summed E-state index contributed by atoms with van der Waals surface area (Å²) in [5, 5.41) is 20.7. The highest BCUT2D eigenvalue weighted by Crippen LogP contribution is 2.63. The van der Waals surface area contributed by atoms with Gasteiger partial charge >= 0.3 is 0 Å². The summed E-state index contributed by atoms with van der Waals surface area (Å²) in [5.41, 5.74) is -0.102. The fourth-order valence-electron chi connectivity index (χ4n) is 6.73. The number of carbonyl (C=O) groups excluding carboxylic acids is 1. The maximum Gasteiger partial charge on any atom is 0.246 e.